The molecule has 2 heterocycles. The van der Waals surface area contributed by atoms with E-state index in [0.717, 1.165) is 32.1 Å². The molecule has 2 atom stereocenters. The third kappa shape index (κ3) is 4.00. The van der Waals surface area contributed by atoms with Gasteiger partial charge < -0.3 is 4.74 Å². The van der Waals surface area contributed by atoms with Crippen molar-refractivity contribution in [3.05, 3.63) is 0 Å². The van der Waals surface area contributed by atoms with Gasteiger partial charge in [-0.25, -0.2) is 8.42 Å². The van der Waals surface area contributed by atoms with Gasteiger partial charge in [-0.3, -0.25) is 4.79 Å². The van der Waals surface area contributed by atoms with Gasteiger partial charge >= 0.3 is 0 Å². The van der Waals surface area contributed by atoms with E-state index < -0.39 is 10.0 Å². The van der Waals surface area contributed by atoms with Crippen molar-refractivity contribution < 1.29 is 17.9 Å². The maximum atomic E-state index is 12.5. The number of carbonyl (C=O) groups excluding carboxylic acids is 1. The predicted octanol–water partition coefficient (Wildman–Crippen LogP) is 1.33. The molecule has 2 aliphatic heterocycles. The second kappa shape index (κ2) is 6.33. The van der Waals surface area contributed by atoms with E-state index in [1.165, 1.54) is 6.92 Å². The number of nitrogens with zero attached hydrogens (tertiary/aromatic N) is 1. The van der Waals surface area contributed by atoms with E-state index in [9.17, 15) is 13.2 Å². The number of rotatable bonds is 5. The minimum atomic E-state index is -3.31. The molecule has 19 heavy (non-hydrogen) atoms. The monoisotopic (exact) mass is 289 g/mol. The van der Waals surface area contributed by atoms with Crippen molar-refractivity contribution in [2.75, 3.05) is 18.9 Å². The fraction of sp³-hybridized carbons (Fsp3) is 0.923. The Morgan fingerprint density at radius 3 is 2.68 bits per heavy atom. The molecule has 2 aliphatic rings. The van der Waals surface area contributed by atoms with Gasteiger partial charge in [-0.05, 0) is 32.6 Å². The first-order valence-corrected chi connectivity index (χ1v) is 8.70. The highest BCUT2D eigenvalue weighted by atomic mass is 32.2. The highest BCUT2D eigenvalue weighted by molar-refractivity contribution is 7.89. The molecular formula is C13H23NO4S. The first-order chi connectivity index (χ1) is 8.99. The van der Waals surface area contributed by atoms with Gasteiger partial charge in [0, 0.05) is 25.6 Å². The van der Waals surface area contributed by atoms with Gasteiger partial charge in [-0.2, -0.15) is 4.31 Å². The SMILES string of the molecule is CC(=O)CC1CCCCN1S(=O)(=O)CC1CCCO1. The van der Waals surface area contributed by atoms with Crippen LogP contribution < -0.4 is 0 Å². The average molecular weight is 289 g/mol. The Bertz CT molecular complexity index is 414. The molecule has 5 nitrogen and oxygen atoms in total. The fourth-order valence-electron chi connectivity index (χ4n) is 2.98. The minimum Gasteiger partial charge on any atom is -0.377 e. The zero-order valence-corrected chi connectivity index (χ0v) is 12.3. The number of piperidine rings is 1. The Kier molecular flexibility index (Phi) is 4.97. The fourth-order valence-corrected chi connectivity index (χ4v) is 4.95. The zero-order valence-electron chi connectivity index (χ0n) is 11.5. The van der Waals surface area contributed by atoms with Crippen molar-refractivity contribution in [1.82, 2.24) is 4.31 Å². The zero-order chi connectivity index (χ0) is 13.9. The van der Waals surface area contributed by atoms with E-state index in [4.69, 9.17) is 4.74 Å². The summed E-state index contributed by atoms with van der Waals surface area (Å²) in [4.78, 5) is 11.3. The van der Waals surface area contributed by atoms with Crippen molar-refractivity contribution in [3.63, 3.8) is 0 Å². The quantitative estimate of drug-likeness (QED) is 0.766. The molecule has 0 saturated carbocycles. The molecule has 0 amide bonds. The summed E-state index contributed by atoms with van der Waals surface area (Å²) in [6.45, 7) is 2.74. The molecular weight excluding hydrogens is 266 g/mol. The van der Waals surface area contributed by atoms with E-state index in [0.29, 0.717) is 19.6 Å². The standard InChI is InChI=1S/C13H23NO4S/c1-11(15)9-12-5-2-3-7-14(12)19(16,17)10-13-6-4-8-18-13/h12-13H,2-10H2,1H3. The van der Waals surface area contributed by atoms with Gasteiger partial charge in [0.05, 0.1) is 11.9 Å². The molecule has 0 bridgehead atoms. The smallest absolute Gasteiger partial charge is 0.216 e. The maximum Gasteiger partial charge on any atom is 0.216 e. The van der Waals surface area contributed by atoms with Crippen LogP contribution in [0.2, 0.25) is 0 Å². The Balaban J connectivity index is 2.04. The molecule has 0 aromatic rings. The topological polar surface area (TPSA) is 63.7 Å². The highest BCUT2D eigenvalue weighted by Crippen LogP contribution is 2.25. The van der Waals surface area contributed by atoms with Crippen LogP contribution in [-0.4, -0.2) is 49.6 Å². The minimum absolute atomic E-state index is 0.0595. The lowest BCUT2D eigenvalue weighted by molar-refractivity contribution is -0.118. The van der Waals surface area contributed by atoms with Crippen molar-refractivity contribution in [2.24, 2.45) is 0 Å². The third-order valence-electron chi connectivity index (χ3n) is 3.87. The van der Waals surface area contributed by atoms with E-state index >= 15 is 0 Å². The average Bonchev–Trinajstić information content (AvgIpc) is 2.80. The van der Waals surface area contributed by atoms with Gasteiger partial charge in [0.25, 0.3) is 0 Å². The Morgan fingerprint density at radius 1 is 1.26 bits per heavy atom. The summed E-state index contributed by atoms with van der Waals surface area (Å²) in [5.74, 6) is 0.130. The van der Waals surface area contributed by atoms with E-state index in [1.807, 2.05) is 0 Å². The molecule has 0 aromatic carbocycles. The van der Waals surface area contributed by atoms with Gasteiger partial charge in [0.1, 0.15) is 5.78 Å². The second-order valence-electron chi connectivity index (χ2n) is 5.58. The van der Waals surface area contributed by atoms with Gasteiger partial charge in [-0.1, -0.05) is 6.42 Å². The number of hydrogen-bond acceptors (Lipinski definition) is 4. The van der Waals surface area contributed by atoms with Crippen LogP contribution in [0.25, 0.3) is 0 Å². The number of ketones is 1. The Hall–Kier alpha value is -0.460. The van der Waals surface area contributed by atoms with Crippen LogP contribution in [-0.2, 0) is 19.6 Å². The number of hydrogen-bond donors (Lipinski definition) is 0. The number of ether oxygens (including phenoxy) is 1. The van der Waals surface area contributed by atoms with Crippen LogP contribution in [0.5, 0.6) is 0 Å². The molecule has 2 unspecified atom stereocenters. The van der Waals surface area contributed by atoms with Crippen LogP contribution in [0.4, 0.5) is 0 Å². The molecule has 2 rings (SSSR count). The lowest BCUT2D eigenvalue weighted by atomic mass is 10.0. The molecule has 110 valence electrons. The summed E-state index contributed by atoms with van der Waals surface area (Å²) >= 11 is 0. The van der Waals surface area contributed by atoms with E-state index in [-0.39, 0.29) is 23.7 Å². The lowest BCUT2D eigenvalue weighted by Crippen LogP contribution is -2.46. The molecule has 0 aromatic heterocycles. The van der Waals surface area contributed by atoms with Crippen LogP contribution >= 0.6 is 0 Å². The number of carbonyl (C=O) groups is 1. The summed E-state index contributed by atoms with van der Waals surface area (Å²) in [5.41, 5.74) is 0. The van der Waals surface area contributed by atoms with Crippen LogP contribution in [0.3, 0.4) is 0 Å². The number of Topliss-reactive ketones (excluding diaryl/α,β-unsaturated/α-hetero) is 1. The normalized spacial score (nSPS) is 29.5. The van der Waals surface area contributed by atoms with Crippen molar-refractivity contribution >= 4 is 15.8 Å². The lowest BCUT2D eigenvalue weighted by Gasteiger charge is -2.34. The molecule has 0 aliphatic carbocycles. The predicted molar refractivity (Wildman–Crippen MR) is 72.4 cm³/mol. The van der Waals surface area contributed by atoms with Crippen molar-refractivity contribution in [3.8, 4) is 0 Å². The van der Waals surface area contributed by atoms with Gasteiger partial charge in [0.2, 0.25) is 10.0 Å². The molecule has 0 N–H and O–H groups in total. The highest BCUT2D eigenvalue weighted by Gasteiger charge is 2.35. The van der Waals surface area contributed by atoms with E-state index in [1.54, 1.807) is 4.31 Å². The number of sulfonamides is 1. The Morgan fingerprint density at radius 2 is 2.05 bits per heavy atom. The molecule has 0 spiro atoms. The molecule has 2 fully saturated rings. The van der Waals surface area contributed by atoms with Crippen LogP contribution in [0.1, 0.15) is 45.4 Å². The largest absolute Gasteiger partial charge is 0.377 e. The van der Waals surface area contributed by atoms with Crippen molar-refractivity contribution in [2.45, 2.75) is 57.6 Å². The third-order valence-corrected chi connectivity index (χ3v) is 5.86. The second-order valence-corrected chi connectivity index (χ2v) is 7.55. The molecule has 0 radical (unpaired) electrons. The summed E-state index contributed by atoms with van der Waals surface area (Å²) in [5, 5.41) is 0. The summed E-state index contributed by atoms with van der Waals surface area (Å²) in [6, 6.07) is -0.141. The van der Waals surface area contributed by atoms with E-state index in [2.05, 4.69) is 0 Å². The molecule has 2 saturated heterocycles. The first-order valence-electron chi connectivity index (χ1n) is 7.09. The van der Waals surface area contributed by atoms with Crippen LogP contribution in [0.15, 0.2) is 0 Å². The van der Waals surface area contributed by atoms with Crippen LogP contribution in [0, 0.1) is 0 Å². The molecule has 6 heteroatoms. The summed E-state index contributed by atoms with van der Waals surface area (Å²) in [7, 11) is -3.31. The first kappa shape index (κ1) is 14.9. The summed E-state index contributed by atoms with van der Waals surface area (Å²) in [6.07, 6.45) is 4.63. The Labute approximate surface area is 115 Å². The van der Waals surface area contributed by atoms with Gasteiger partial charge in [-0.15, -0.1) is 0 Å². The van der Waals surface area contributed by atoms with Crippen molar-refractivity contribution in [1.29, 1.82) is 0 Å². The summed E-state index contributed by atoms with van der Waals surface area (Å²) < 4.78 is 31.9. The maximum absolute atomic E-state index is 12.5. The van der Waals surface area contributed by atoms with Gasteiger partial charge in [0.15, 0.2) is 0 Å².